The van der Waals surface area contributed by atoms with E-state index in [4.69, 9.17) is 9.73 Å². The number of hydrogen-bond donors (Lipinski definition) is 0. The molecule has 32 heavy (non-hydrogen) atoms. The Morgan fingerprint density at radius 1 is 1.38 bits per heavy atom. The van der Waals surface area contributed by atoms with Gasteiger partial charge in [-0.15, -0.1) is 0 Å². The summed E-state index contributed by atoms with van der Waals surface area (Å²) in [6.07, 6.45) is 14.8. The minimum atomic E-state index is -0.126. The van der Waals surface area contributed by atoms with Gasteiger partial charge in [-0.25, -0.2) is 4.99 Å². The first-order chi connectivity index (χ1) is 15.4. The summed E-state index contributed by atoms with van der Waals surface area (Å²) in [7, 11) is 5.11. The van der Waals surface area contributed by atoms with Crippen molar-refractivity contribution < 1.29 is 9.53 Å². The van der Waals surface area contributed by atoms with E-state index in [0.717, 1.165) is 24.1 Å². The van der Waals surface area contributed by atoms with Crippen LogP contribution in [0, 0.1) is 5.92 Å². The molecule has 1 heterocycles. The van der Waals surface area contributed by atoms with Gasteiger partial charge in [0.05, 0.1) is 19.4 Å². The largest absolute Gasteiger partial charge is 0.483 e. The van der Waals surface area contributed by atoms with Gasteiger partial charge in [0.2, 0.25) is 5.90 Å². The molecule has 6 heteroatoms. The zero-order valence-corrected chi connectivity index (χ0v) is 20.7. The third-order valence-electron chi connectivity index (χ3n) is 5.60. The molecule has 0 radical (unpaired) electrons. The van der Waals surface area contributed by atoms with Crippen LogP contribution in [-0.2, 0) is 11.8 Å². The number of carbonyl (C=O) groups excluding carboxylic acids is 1. The maximum atomic E-state index is 12.8. The fraction of sp³-hybridized carbons (Fsp3) is 0.500. The summed E-state index contributed by atoms with van der Waals surface area (Å²) in [5, 5.41) is 4.09. The van der Waals surface area contributed by atoms with E-state index in [0.29, 0.717) is 17.5 Å². The average molecular weight is 439 g/mol. The van der Waals surface area contributed by atoms with Gasteiger partial charge in [-0.1, -0.05) is 32.1 Å². The SMILES string of the molecule is C\C=C/C(=C\C(=C\CC)C1CC1)C(N=C(CN(C)C(=O)c1ccnn1C)OC)=C(C)CC. The van der Waals surface area contributed by atoms with Crippen LogP contribution >= 0.6 is 0 Å². The second-order valence-electron chi connectivity index (χ2n) is 8.18. The molecule has 0 aliphatic heterocycles. The fourth-order valence-corrected chi connectivity index (χ4v) is 3.45. The van der Waals surface area contributed by atoms with E-state index in [1.54, 1.807) is 43.1 Å². The van der Waals surface area contributed by atoms with Gasteiger partial charge in [0.1, 0.15) is 5.69 Å². The van der Waals surface area contributed by atoms with E-state index in [9.17, 15) is 4.79 Å². The first-order valence-corrected chi connectivity index (χ1v) is 11.5. The van der Waals surface area contributed by atoms with Crippen molar-refractivity contribution in [2.75, 3.05) is 20.7 Å². The summed E-state index contributed by atoms with van der Waals surface area (Å²) < 4.78 is 7.19. The fourth-order valence-electron chi connectivity index (χ4n) is 3.45. The molecule has 0 aromatic carbocycles. The molecule has 0 spiro atoms. The molecule has 0 saturated heterocycles. The van der Waals surface area contributed by atoms with E-state index in [-0.39, 0.29) is 12.5 Å². The number of amides is 1. The van der Waals surface area contributed by atoms with Gasteiger partial charge in [-0.05, 0) is 68.7 Å². The van der Waals surface area contributed by atoms with Crippen LogP contribution in [-0.4, -0.2) is 47.2 Å². The van der Waals surface area contributed by atoms with Crippen molar-refractivity contribution >= 4 is 11.8 Å². The molecule has 1 aliphatic carbocycles. The number of ether oxygens (including phenoxy) is 1. The van der Waals surface area contributed by atoms with Crippen LogP contribution in [0.3, 0.4) is 0 Å². The second kappa shape index (κ2) is 12.2. The number of aryl methyl sites for hydroxylation is 1. The normalized spacial score (nSPS) is 16.4. The van der Waals surface area contributed by atoms with Crippen LogP contribution in [0.2, 0.25) is 0 Å². The summed E-state index contributed by atoms with van der Waals surface area (Å²) in [5.41, 5.74) is 5.08. The number of allylic oxidation sites excluding steroid dienone is 6. The zero-order valence-electron chi connectivity index (χ0n) is 20.7. The number of likely N-dealkylation sites (N-methyl/N-ethyl adjacent to an activating group) is 1. The predicted molar refractivity (Wildman–Crippen MR) is 132 cm³/mol. The highest BCUT2D eigenvalue weighted by atomic mass is 16.5. The summed E-state index contributed by atoms with van der Waals surface area (Å²) in [6.45, 7) is 8.70. The van der Waals surface area contributed by atoms with E-state index >= 15 is 0 Å². The van der Waals surface area contributed by atoms with E-state index in [2.05, 4.69) is 44.1 Å². The van der Waals surface area contributed by atoms with Crippen LogP contribution < -0.4 is 0 Å². The first-order valence-electron chi connectivity index (χ1n) is 11.5. The summed E-state index contributed by atoms with van der Waals surface area (Å²) in [4.78, 5) is 19.3. The molecule has 2 rings (SSSR count). The molecule has 0 bridgehead atoms. The molecule has 1 aromatic rings. The van der Waals surface area contributed by atoms with Crippen molar-refractivity contribution in [1.29, 1.82) is 0 Å². The van der Waals surface area contributed by atoms with Gasteiger partial charge in [0, 0.05) is 25.9 Å². The zero-order chi connectivity index (χ0) is 23.7. The third kappa shape index (κ3) is 6.81. The average Bonchev–Trinajstić information content (AvgIpc) is 3.55. The van der Waals surface area contributed by atoms with Crippen molar-refractivity contribution in [3.8, 4) is 0 Å². The van der Waals surface area contributed by atoms with Crippen LogP contribution in [0.25, 0.3) is 0 Å². The molecule has 1 fully saturated rings. The van der Waals surface area contributed by atoms with Gasteiger partial charge >= 0.3 is 0 Å². The molecule has 0 atom stereocenters. The molecule has 1 aliphatic rings. The Labute approximate surface area is 193 Å². The molecular weight excluding hydrogens is 400 g/mol. The van der Waals surface area contributed by atoms with Gasteiger partial charge < -0.3 is 9.64 Å². The first kappa shape index (κ1) is 25.4. The minimum absolute atomic E-state index is 0.126. The molecule has 1 saturated carbocycles. The predicted octanol–water partition coefficient (Wildman–Crippen LogP) is 5.47. The molecule has 174 valence electrons. The van der Waals surface area contributed by atoms with Crippen molar-refractivity contribution in [2.24, 2.45) is 18.0 Å². The maximum absolute atomic E-state index is 12.8. The number of methoxy groups -OCH3 is 1. The monoisotopic (exact) mass is 438 g/mol. The molecule has 1 amide bonds. The van der Waals surface area contributed by atoms with E-state index in [1.807, 2.05) is 13.0 Å². The summed E-state index contributed by atoms with van der Waals surface area (Å²) in [5.74, 6) is 1.03. The van der Waals surface area contributed by atoms with Crippen LogP contribution in [0.15, 0.2) is 64.0 Å². The standard InChI is InChI=1S/C26H38N4O2/c1-8-11-21(20-13-14-20)17-22(12-9-2)25(19(4)10-3)28-24(32-7)18-29(5)26(31)23-15-16-27-30(23)6/h9,11-12,15-17,20H,8,10,13-14,18H2,1-7H3/b12-9-,21-11-,22-17+,25-19?,28-24?. The quantitative estimate of drug-likeness (QED) is 0.276. The highest BCUT2D eigenvalue weighted by Crippen LogP contribution is 2.38. The molecule has 0 unspecified atom stereocenters. The van der Waals surface area contributed by atoms with E-state index in [1.165, 1.54) is 24.0 Å². The van der Waals surface area contributed by atoms with Gasteiger partial charge in [0.25, 0.3) is 5.91 Å². The Hall–Kier alpha value is -2.89. The van der Waals surface area contributed by atoms with Crippen LogP contribution in [0.4, 0.5) is 0 Å². The van der Waals surface area contributed by atoms with E-state index < -0.39 is 0 Å². The van der Waals surface area contributed by atoms with Crippen molar-refractivity contribution in [3.05, 3.63) is 64.7 Å². The molecule has 6 nitrogen and oxygen atoms in total. The molecule has 1 aromatic heterocycles. The Kier molecular flexibility index (Phi) is 9.69. The Balaban J connectivity index is 2.40. The molecular formula is C26H38N4O2. The topological polar surface area (TPSA) is 59.7 Å². The number of rotatable bonds is 10. The van der Waals surface area contributed by atoms with Gasteiger partial charge in [-0.2, -0.15) is 5.10 Å². The summed E-state index contributed by atoms with van der Waals surface area (Å²) >= 11 is 0. The minimum Gasteiger partial charge on any atom is -0.483 e. The lowest BCUT2D eigenvalue weighted by Crippen LogP contribution is -2.34. The number of aromatic nitrogens is 2. The number of hydrogen-bond acceptors (Lipinski definition) is 4. The van der Waals surface area contributed by atoms with Gasteiger partial charge in [-0.3, -0.25) is 9.48 Å². The summed E-state index contributed by atoms with van der Waals surface area (Å²) in [6, 6.07) is 1.71. The third-order valence-corrected chi connectivity index (χ3v) is 5.60. The second-order valence-corrected chi connectivity index (χ2v) is 8.18. The lowest BCUT2D eigenvalue weighted by molar-refractivity contribution is 0.0797. The van der Waals surface area contributed by atoms with Crippen LogP contribution in [0.1, 0.15) is 63.9 Å². The van der Waals surface area contributed by atoms with Crippen molar-refractivity contribution in [3.63, 3.8) is 0 Å². The van der Waals surface area contributed by atoms with Crippen molar-refractivity contribution in [2.45, 2.75) is 53.4 Å². The van der Waals surface area contributed by atoms with Gasteiger partial charge in [0.15, 0.2) is 0 Å². The number of carbonyl (C=O) groups is 1. The Morgan fingerprint density at radius 3 is 2.59 bits per heavy atom. The lowest BCUT2D eigenvalue weighted by atomic mass is 10.00. The highest BCUT2D eigenvalue weighted by Gasteiger charge is 2.25. The Bertz CT molecular complexity index is 943. The molecule has 0 N–H and O–H groups in total. The smallest absolute Gasteiger partial charge is 0.272 e. The van der Waals surface area contributed by atoms with Crippen molar-refractivity contribution in [1.82, 2.24) is 14.7 Å². The number of aliphatic imine (C=N–C) groups is 1. The Morgan fingerprint density at radius 2 is 2.09 bits per heavy atom. The van der Waals surface area contributed by atoms with Crippen LogP contribution in [0.5, 0.6) is 0 Å². The lowest BCUT2D eigenvalue weighted by Gasteiger charge is -2.19. The number of nitrogens with zero attached hydrogens (tertiary/aromatic N) is 4. The highest BCUT2D eigenvalue weighted by molar-refractivity contribution is 5.95. The maximum Gasteiger partial charge on any atom is 0.272 e.